The Hall–Kier alpha value is -6.87. The van der Waals surface area contributed by atoms with E-state index < -0.39 is 17.3 Å². The number of anilines is 5. The van der Waals surface area contributed by atoms with Crippen LogP contribution in [0.5, 0.6) is 11.5 Å². The van der Waals surface area contributed by atoms with Gasteiger partial charge in [-0.2, -0.15) is 28.7 Å². The highest BCUT2D eigenvalue weighted by Crippen LogP contribution is 2.40. The molecule has 6 aromatic rings. The van der Waals surface area contributed by atoms with Crippen LogP contribution < -0.4 is 42.5 Å². The minimum absolute atomic E-state index is 0. The maximum Gasteiger partial charge on any atom is 0.368 e. The number of nitrogens with two attached hydrogens (primary N) is 1. The number of halogens is 3. The second-order valence-electron chi connectivity index (χ2n) is 22.2. The van der Waals surface area contributed by atoms with Gasteiger partial charge in [-0.3, -0.25) is 9.80 Å². The van der Waals surface area contributed by atoms with Crippen LogP contribution in [-0.4, -0.2) is 156 Å². The lowest BCUT2D eigenvalue weighted by atomic mass is 9.84. The average Bonchev–Trinajstić information content (AvgIpc) is 4.32. The van der Waals surface area contributed by atoms with E-state index in [0.29, 0.717) is 72.8 Å². The smallest absolute Gasteiger partial charge is 0.368 e. The molecular formula is C53H73ClF2N18O6. The molecule has 0 amide bonds. The molecular weight excluding hydrogens is 1060 g/mol. The topological polar surface area (TPSA) is 262 Å². The van der Waals surface area contributed by atoms with Gasteiger partial charge in [-0.05, 0) is 161 Å². The van der Waals surface area contributed by atoms with Gasteiger partial charge in [0.05, 0.1) is 38.8 Å². The van der Waals surface area contributed by atoms with E-state index >= 15 is 0 Å². The molecule has 80 heavy (non-hydrogen) atoms. The molecule has 5 N–H and O–H groups in total. The zero-order valence-electron chi connectivity index (χ0n) is 45.3. The molecule has 6 saturated heterocycles. The number of nitrogen functional groups attached to an aromatic ring is 1. The first-order chi connectivity index (χ1) is 37.9. The summed E-state index contributed by atoms with van der Waals surface area (Å²) in [6.07, 6.45) is 12.5. The van der Waals surface area contributed by atoms with E-state index in [1.54, 1.807) is 36.4 Å². The van der Waals surface area contributed by atoms with Gasteiger partial charge in [-0.25, -0.2) is 28.3 Å². The van der Waals surface area contributed by atoms with Gasteiger partial charge in [0.1, 0.15) is 35.1 Å². The van der Waals surface area contributed by atoms with Crippen LogP contribution in [0.25, 0.3) is 11.4 Å². The fraction of sp³-hybridized carbons (Fsp3) is 0.585. The first-order valence-electron chi connectivity index (χ1n) is 26.9. The molecule has 2 aromatic carbocycles. The summed E-state index contributed by atoms with van der Waals surface area (Å²) in [6, 6.07) is 11.8. The van der Waals surface area contributed by atoms with Crippen molar-refractivity contribution in [3.05, 3.63) is 86.7 Å². The quantitative estimate of drug-likeness (QED) is 0.0801. The van der Waals surface area contributed by atoms with Gasteiger partial charge in [0.15, 0.2) is 23.3 Å². The standard InChI is InChI=1S/C26H34FN9O3.C14H20ClFN4.C12H15N5O3.CH4/c1-26(2)13-17(11-18-5-4-9-35(18)26)29-23-20(27)14-28-24(31-23)30-16-6-7-22(39-19-8-10-38-15-19)21(12-16)36-25(37)34(3)32-33-36;1-14(2)7-9(6-10-4-3-5-20(10)14)18-12-11(16)8-17-13(15)19-12;1-16-12(18)17(15-14-16)10-6-8(13)2-3-11(10)20-9-4-5-19-7-9;/h6-7,12,14,17-19H,4-5,8-11,13,15H2,1-3H3,(H2,28,29,30,31);8-10H,3-7H2,1-2H3,(H,17,18,19);2-3,6,9H,4-5,7,13H2,1H3;1H4/t17?,18?,19-;;9-;/m0.0./s1. The summed E-state index contributed by atoms with van der Waals surface area (Å²) in [5, 5.41) is 25.1. The normalized spacial score (nSPS) is 23.8. The molecule has 4 aromatic heterocycles. The van der Waals surface area contributed by atoms with Crippen molar-refractivity contribution in [3.63, 3.8) is 0 Å². The Kier molecular flexibility index (Phi) is 17.7. The minimum Gasteiger partial charge on any atom is -0.486 e. The predicted octanol–water partition coefficient (Wildman–Crippen LogP) is 6.06. The zero-order valence-corrected chi connectivity index (χ0v) is 46.1. The molecule has 6 aliphatic rings. The molecule has 10 heterocycles. The Bertz CT molecular complexity index is 3220. The van der Waals surface area contributed by atoms with Crippen LogP contribution in [0.3, 0.4) is 0 Å². The number of rotatable bonds is 12. The van der Waals surface area contributed by atoms with E-state index in [0.717, 1.165) is 60.6 Å². The second-order valence-corrected chi connectivity index (χ2v) is 22.6. The average molecular weight is 1130 g/mol. The number of ether oxygens (including phenoxy) is 4. The lowest BCUT2D eigenvalue weighted by molar-refractivity contribution is 0.0498. The van der Waals surface area contributed by atoms with Gasteiger partial charge in [0.2, 0.25) is 11.2 Å². The number of aryl methyl sites for hydroxylation is 2. The monoisotopic (exact) mass is 1130 g/mol. The summed E-state index contributed by atoms with van der Waals surface area (Å²) >= 11 is 5.74. The number of piperidine rings is 2. The number of nitrogens with one attached hydrogen (secondary N) is 3. The van der Waals surface area contributed by atoms with Crippen LogP contribution >= 0.6 is 11.6 Å². The molecule has 12 rings (SSSR count). The maximum atomic E-state index is 14.8. The first kappa shape index (κ1) is 57.8. The maximum absolute atomic E-state index is 14.8. The van der Waals surface area contributed by atoms with E-state index in [9.17, 15) is 18.4 Å². The van der Waals surface area contributed by atoms with Crippen molar-refractivity contribution >= 4 is 40.6 Å². The summed E-state index contributed by atoms with van der Waals surface area (Å²) in [4.78, 5) is 46.0. The zero-order chi connectivity index (χ0) is 55.6. The molecule has 24 nitrogen and oxygen atoms in total. The van der Waals surface area contributed by atoms with Gasteiger partial charge >= 0.3 is 11.4 Å². The largest absolute Gasteiger partial charge is 0.486 e. The number of tetrazole rings is 2. The Morgan fingerprint density at radius 2 is 1.19 bits per heavy atom. The second kappa shape index (κ2) is 24.5. The molecule has 6 fully saturated rings. The van der Waals surface area contributed by atoms with Crippen molar-refractivity contribution in [3.8, 4) is 22.9 Å². The summed E-state index contributed by atoms with van der Waals surface area (Å²) < 4.78 is 55.8. The highest BCUT2D eigenvalue weighted by atomic mass is 35.5. The third kappa shape index (κ3) is 13.1. The van der Waals surface area contributed by atoms with Crippen LogP contribution in [0, 0.1) is 11.6 Å². The third-order valence-corrected chi connectivity index (χ3v) is 15.7. The lowest BCUT2D eigenvalue weighted by Gasteiger charge is -2.47. The molecule has 0 radical (unpaired) electrons. The van der Waals surface area contributed by atoms with Gasteiger partial charge in [-0.1, -0.05) is 7.43 Å². The number of fused-ring (bicyclic) bond motifs is 2. The molecule has 4 unspecified atom stereocenters. The van der Waals surface area contributed by atoms with E-state index in [-0.39, 0.29) is 71.4 Å². The van der Waals surface area contributed by atoms with E-state index in [1.165, 1.54) is 61.9 Å². The SMILES string of the molecule is C.CC1(C)CC(Nc2nc(Cl)ncc2F)CC2CCCN21.Cn1nnn(-c2cc(N)ccc2O[C@H]2CCOC2)c1=O.Cn1nnn(-c2cc(Nc3ncc(F)c(NC4CC5CCCN5C(C)(C)C4)n3)ccc2O[C@H]2CCOC2)c1=O. The number of hydrogen-bond acceptors (Lipinski definition) is 20. The van der Waals surface area contributed by atoms with Crippen molar-refractivity contribution in [1.29, 1.82) is 0 Å². The predicted molar refractivity (Wildman–Crippen MR) is 297 cm³/mol. The summed E-state index contributed by atoms with van der Waals surface area (Å²) in [7, 11) is 3.06. The lowest BCUT2D eigenvalue weighted by Crippen LogP contribution is -2.55. The number of aromatic nitrogens is 12. The molecule has 0 spiro atoms. The highest BCUT2D eigenvalue weighted by molar-refractivity contribution is 6.28. The number of hydrogen-bond donors (Lipinski definition) is 4. The van der Waals surface area contributed by atoms with Crippen LogP contribution in [0.2, 0.25) is 5.28 Å². The summed E-state index contributed by atoms with van der Waals surface area (Å²) in [6.45, 7) is 13.7. The fourth-order valence-corrected chi connectivity index (χ4v) is 12.0. The molecule has 0 saturated carbocycles. The molecule has 0 bridgehead atoms. The Labute approximate surface area is 467 Å². The van der Waals surface area contributed by atoms with E-state index in [1.807, 2.05) is 0 Å². The molecule has 6 atom stereocenters. The first-order valence-corrected chi connectivity index (χ1v) is 27.3. The molecule has 432 valence electrons. The van der Waals surface area contributed by atoms with Crippen molar-refractivity contribution < 1.29 is 27.7 Å². The Balaban J connectivity index is 0.000000159. The molecule has 6 aliphatic heterocycles. The third-order valence-electron chi connectivity index (χ3n) is 15.5. The highest BCUT2D eigenvalue weighted by Gasteiger charge is 2.44. The van der Waals surface area contributed by atoms with E-state index in [2.05, 4.69) is 94.2 Å². The van der Waals surface area contributed by atoms with Crippen molar-refractivity contribution in [1.82, 2.24) is 69.3 Å². The van der Waals surface area contributed by atoms with Gasteiger partial charge in [-0.15, -0.1) is 0 Å². The van der Waals surface area contributed by atoms with Gasteiger partial charge in [0, 0.05) is 73.6 Å². The Morgan fingerprint density at radius 1 is 0.688 bits per heavy atom. The Morgan fingerprint density at radius 3 is 1.69 bits per heavy atom. The molecule has 0 aliphatic carbocycles. The van der Waals surface area contributed by atoms with Crippen LogP contribution in [-0.2, 0) is 23.6 Å². The summed E-state index contributed by atoms with van der Waals surface area (Å²) in [5.41, 5.74) is 7.19. The number of nitrogens with zero attached hydrogens (tertiary/aromatic N) is 14. The number of benzene rings is 2. The van der Waals surface area contributed by atoms with Gasteiger partial charge < -0.3 is 40.6 Å². The van der Waals surface area contributed by atoms with Crippen molar-refractivity contribution in [2.75, 3.05) is 61.2 Å². The van der Waals surface area contributed by atoms with Crippen LogP contribution in [0.15, 0.2) is 58.4 Å². The van der Waals surface area contributed by atoms with E-state index in [4.69, 9.17) is 36.3 Å². The molecule has 27 heteroatoms. The van der Waals surface area contributed by atoms with Crippen molar-refractivity contribution in [2.24, 2.45) is 14.1 Å². The minimum atomic E-state index is -0.499. The van der Waals surface area contributed by atoms with Gasteiger partial charge in [0.25, 0.3) is 0 Å². The van der Waals surface area contributed by atoms with Crippen LogP contribution in [0.1, 0.15) is 99.3 Å². The van der Waals surface area contributed by atoms with Crippen molar-refractivity contribution in [2.45, 2.75) is 147 Å². The summed E-state index contributed by atoms with van der Waals surface area (Å²) in [5.74, 6) is 0.692. The fourth-order valence-electron chi connectivity index (χ4n) is 11.9. The van der Waals surface area contributed by atoms with Crippen LogP contribution in [0.4, 0.5) is 37.7 Å².